The van der Waals surface area contributed by atoms with E-state index in [4.69, 9.17) is 0 Å². The predicted octanol–water partition coefficient (Wildman–Crippen LogP) is 3.28. The van der Waals surface area contributed by atoms with Gasteiger partial charge in [-0.05, 0) is 53.3 Å². The van der Waals surface area contributed by atoms with Crippen LogP contribution in [-0.2, 0) is 12.0 Å². The van der Waals surface area contributed by atoms with E-state index in [1.807, 2.05) is 24.3 Å². The molecule has 4 heteroatoms. The maximum atomic E-state index is 13.1. The van der Waals surface area contributed by atoms with Crippen molar-refractivity contribution in [2.24, 2.45) is 0 Å². The van der Waals surface area contributed by atoms with Gasteiger partial charge in [-0.2, -0.15) is 0 Å². The highest BCUT2D eigenvalue weighted by Crippen LogP contribution is 2.25. The van der Waals surface area contributed by atoms with Crippen molar-refractivity contribution in [3.05, 3.63) is 63.2 Å². The van der Waals surface area contributed by atoms with Crippen molar-refractivity contribution < 1.29 is 9.50 Å². The van der Waals surface area contributed by atoms with Gasteiger partial charge in [0.1, 0.15) is 5.82 Å². The first kappa shape index (κ1) is 13.4. The molecule has 1 heterocycles. The highest BCUT2D eigenvalue weighted by Gasteiger charge is 2.24. The van der Waals surface area contributed by atoms with Crippen molar-refractivity contribution in [2.45, 2.75) is 18.9 Å². The first-order valence-corrected chi connectivity index (χ1v) is 6.63. The zero-order valence-electron chi connectivity index (χ0n) is 9.90. The second-order valence-corrected chi connectivity index (χ2v) is 5.71. The minimum atomic E-state index is -1.12. The third-order valence-corrected chi connectivity index (χ3v) is 3.51. The van der Waals surface area contributed by atoms with Gasteiger partial charge < -0.3 is 5.11 Å². The Balaban J connectivity index is 2.23. The van der Waals surface area contributed by atoms with E-state index in [1.54, 1.807) is 6.92 Å². The van der Waals surface area contributed by atoms with Crippen LogP contribution in [0.1, 0.15) is 18.1 Å². The van der Waals surface area contributed by atoms with Crippen LogP contribution in [0.2, 0.25) is 0 Å². The molecule has 0 spiro atoms. The Morgan fingerprint density at radius 1 is 1.28 bits per heavy atom. The molecule has 2 aromatic rings. The normalized spacial score (nSPS) is 14.2. The number of pyridine rings is 1. The molecular weight excluding hydrogens is 344 g/mol. The molecular formula is C14H13FINO. The lowest BCUT2D eigenvalue weighted by Crippen LogP contribution is -2.24. The standard InChI is InChI=1S/C14H13FINO/c1-14(18,11-6-12(15)9-17-8-11)7-10-2-4-13(16)5-3-10/h2-6,8-9,18H,7H2,1H3. The Bertz CT molecular complexity index is 540. The maximum absolute atomic E-state index is 13.1. The molecule has 0 aliphatic rings. The van der Waals surface area contributed by atoms with E-state index in [9.17, 15) is 9.50 Å². The average Bonchev–Trinajstić information content (AvgIpc) is 2.32. The summed E-state index contributed by atoms with van der Waals surface area (Å²) in [7, 11) is 0. The lowest BCUT2D eigenvalue weighted by atomic mass is 9.90. The lowest BCUT2D eigenvalue weighted by molar-refractivity contribution is 0.0569. The van der Waals surface area contributed by atoms with E-state index < -0.39 is 11.4 Å². The minimum Gasteiger partial charge on any atom is -0.385 e. The summed E-state index contributed by atoms with van der Waals surface area (Å²) in [6, 6.07) is 9.21. The summed E-state index contributed by atoms with van der Waals surface area (Å²) in [4.78, 5) is 3.77. The van der Waals surface area contributed by atoms with E-state index in [1.165, 1.54) is 12.3 Å². The Hall–Kier alpha value is -1.01. The molecule has 0 bridgehead atoms. The van der Waals surface area contributed by atoms with Crippen molar-refractivity contribution in [3.8, 4) is 0 Å². The number of hydrogen-bond donors (Lipinski definition) is 1. The van der Waals surface area contributed by atoms with Crippen LogP contribution in [0.4, 0.5) is 4.39 Å². The quantitative estimate of drug-likeness (QED) is 0.856. The van der Waals surface area contributed by atoms with E-state index in [-0.39, 0.29) is 0 Å². The zero-order chi connectivity index (χ0) is 13.2. The van der Waals surface area contributed by atoms with Crippen molar-refractivity contribution in [3.63, 3.8) is 0 Å². The molecule has 0 fully saturated rings. The average molecular weight is 357 g/mol. The molecule has 0 radical (unpaired) electrons. The fourth-order valence-electron chi connectivity index (χ4n) is 1.81. The van der Waals surface area contributed by atoms with E-state index in [2.05, 4.69) is 27.6 Å². The van der Waals surface area contributed by atoms with E-state index in [0.717, 1.165) is 15.3 Å². The van der Waals surface area contributed by atoms with E-state index >= 15 is 0 Å². The SMILES string of the molecule is CC(O)(Cc1ccc(I)cc1)c1cncc(F)c1. The summed E-state index contributed by atoms with van der Waals surface area (Å²) >= 11 is 2.23. The molecule has 0 aliphatic carbocycles. The fourth-order valence-corrected chi connectivity index (χ4v) is 2.17. The molecule has 1 aromatic heterocycles. The van der Waals surface area contributed by atoms with Gasteiger partial charge in [0.2, 0.25) is 0 Å². The van der Waals surface area contributed by atoms with E-state index in [0.29, 0.717) is 12.0 Å². The van der Waals surface area contributed by atoms with Crippen LogP contribution in [0.5, 0.6) is 0 Å². The fraction of sp³-hybridized carbons (Fsp3) is 0.214. The van der Waals surface area contributed by atoms with Gasteiger partial charge in [0.05, 0.1) is 11.8 Å². The second kappa shape index (κ2) is 5.32. The number of rotatable bonds is 3. The molecule has 1 atom stereocenters. The van der Waals surface area contributed by atoms with Crippen LogP contribution in [0.25, 0.3) is 0 Å². The topological polar surface area (TPSA) is 33.1 Å². The molecule has 1 unspecified atom stereocenters. The van der Waals surface area contributed by atoms with Crippen LogP contribution in [0.3, 0.4) is 0 Å². The Kier molecular flexibility index (Phi) is 3.97. The summed E-state index contributed by atoms with van der Waals surface area (Å²) in [6.07, 6.45) is 3.05. The Morgan fingerprint density at radius 2 is 1.94 bits per heavy atom. The number of hydrogen-bond acceptors (Lipinski definition) is 2. The number of aliphatic hydroxyl groups is 1. The number of halogens is 2. The molecule has 1 N–H and O–H groups in total. The van der Waals surface area contributed by atoms with Crippen molar-refractivity contribution >= 4 is 22.6 Å². The molecule has 18 heavy (non-hydrogen) atoms. The Labute approximate surface area is 119 Å². The molecule has 2 rings (SSSR count). The highest BCUT2D eigenvalue weighted by molar-refractivity contribution is 14.1. The molecule has 2 nitrogen and oxygen atoms in total. The maximum Gasteiger partial charge on any atom is 0.141 e. The van der Waals surface area contributed by atoms with Gasteiger partial charge in [-0.15, -0.1) is 0 Å². The lowest BCUT2D eigenvalue weighted by Gasteiger charge is -2.23. The van der Waals surface area contributed by atoms with Crippen LogP contribution in [-0.4, -0.2) is 10.1 Å². The molecule has 1 aromatic carbocycles. The molecule has 0 saturated carbocycles. The zero-order valence-corrected chi connectivity index (χ0v) is 12.1. The largest absolute Gasteiger partial charge is 0.385 e. The summed E-state index contributed by atoms with van der Waals surface area (Å²) in [5.74, 6) is -0.435. The van der Waals surface area contributed by atoms with Gasteiger partial charge in [0, 0.05) is 21.8 Å². The number of aromatic nitrogens is 1. The van der Waals surface area contributed by atoms with Crippen molar-refractivity contribution in [1.29, 1.82) is 0 Å². The third-order valence-electron chi connectivity index (χ3n) is 2.79. The summed E-state index contributed by atoms with van der Waals surface area (Å²) in [5, 5.41) is 10.4. The van der Waals surface area contributed by atoms with Crippen molar-refractivity contribution in [1.82, 2.24) is 4.98 Å². The predicted molar refractivity (Wildman–Crippen MR) is 76.6 cm³/mol. The van der Waals surface area contributed by atoms with Crippen LogP contribution >= 0.6 is 22.6 Å². The smallest absolute Gasteiger partial charge is 0.141 e. The van der Waals surface area contributed by atoms with Gasteiger partial charge in [-0.1, -0.05) is 12.1 Å². The van der Waals surface area contributed by atoms with Gasteiger partial charge >= 0.3 is 0 Å². The number of nitrogens with zero attached hydrogens (tertiary/aromatic N) is 1. The molecule has 0 aliphatic heterocycles. The third kappa shape index (κ3) is 3.26. The van der Waals surface area contributed by atoms with Gasteiger partial charge in [0.25, 0.3) is 0 Å². The first-order valence-electron chi connectivity index (χ1n) is 5.55. The van der Waals surface area contributed by atoms with Crippen LogP contribution < -0.4 is 0 Å². The van der Waals surface area contributed by atoms with Gasteiger partial charge in [-0.25, -0.2) is 4.39 Å². The first-order chi connectivity index (χ1) is 8.47. The van der Waals surface area contributed by atoms with Crippen molar-refractivity contribution in [2.75, 3.05) is 0 Å². The second-order valence-electron chi connectivity index (χ2n) is 4.47. The molecule has 0 amide bonds. The molecule has 94 valence electrons. The minimum absolute atomic E-state index is 0.426. The highest BCUT2D eigenvalue weighted by atomic mass is 127. The van der Waals surface area contributed by atoms with Crippen LogP contribution in [0.15, 0.2) is 42.7 Å². The van der Waals surface area contributed by atoms with Gasteiger partial charge in [0.15, 0.2) is 0 Å². The monoisotopic (exact) mass is 357 g/mol. The Morgan fingerprint density at radius 3 is 2.56 bits per heavy atom. The molecule has 0 saturated heterocycles. The van der Waals surface area contributed by atoms with Gasteiger partial charge in [-0.3, -0.25) is 4.98 Å². The summed E-state index contributed by atoms with van der Waals surface area (Å²) in [5.41, 5.74) is 0.368. The summed E-state index contributed by atoms with van der Waals surface area (Å²) < 4.78 is 14.3. The number of benzene rings is 1. The van der Waals surface area contributed by atoms with Crippen LogP contribution in [0, 0.1) is 9.39 Å². The summed E-state index contributed by atoms with van der Waals surface area (Å²) in [6.45, 7) is 1.67.